The van der Waals surface area contributed by atoms with E-state index < -0.39 is 0 Å². The minimum Gasteiger partial charge on any atom is -0.395 e. The molecule has 6 heteroatoms. The topological polar surface area (TPSA) is 69.2 Å². The average Bonchev–Trinajstić information content (AvgIpc) is 3.05. The molecule has 1 aliphatic rings. The SMILES string of the molecule is Cc1ccc(-c2c(C)sc3nc(CN(CCO)C4CCCCC4)[nH]c(=O)c23)cc1. The van der Waals surface area contributed by atoms with Crippen LogP contribution in [0, 0.1) is 13.8 Å². The van der Waals surface area contributed by atoms with Crippen molar-refractivity contribution in [1.29, 1.82) is 0 Å². The highest BCUT2D eigenvalue weighted by molar-refractivity contribution is 7.19. The first kappa shape index (κ1) is 20.3. The largest absolute Gasteiger partial charge is 0.395 e. The molecule has 0 bridgehead atoms. The molecular formula is C23H29N3O2S. The van der Waals surface area contributed by atoms with Gasteiger partial charge in [0, 0.05) is 23.0 Å². The minimum absolute atomic E-state index is 0.0717. The third-order valence-corrected chi connectivity index (χ3v) is 6.96. The fraction of sp³-hybridized carbons (Fsp3) is 0.478. The van der Waals surface area contributed by atoms with Gasteiger partial charge in [-0.1, -0.05) is 49.1 Å². The minimum atomic E-state index is -0.0717. The Morgan fingerprint density at radius 3 is 2.59 bits per heavy atom. The number of hydrogen-bond donors (Lipinski definition) is 2. The number of thiophene rings is 1. The predicted octanol–water partition coefficient (Wildman–Crippen LogP) is 4.40. The average molecular weight is 412 g/mol. The number of fused-ring (bicyclic) bond motifs is 1. The number of aromatic amines is 1. The molecule has 0 atom stereocenters. The van der Waals surface area contributed by atoms with Gasteiger partial charge in [0.05, 0.1) is 18.5 Å². The summed E-state index contributed by atoms with van der Waals surface area (Å²) in [6, 6.07) is 8.76. The number of aryl methyl sites for hydroxylation is 2. The van der Waals surface area contributed by atoms with Crippen molar-refractivity contribution in [2.24, 2.45) is 0 Å². The summed E-state index contributed by atoms with van der Waals surface area (Å²) in [5.74, 6) is 0.693. The van der Waals surface area contributed by atoms with E-state index >= 15 is 0 Å². The molecule has 154 valence electrons. The number of hydrogen-bond acceptors (Lipinski definition) is 5. The molecule has 1 fully saturated rings. The molecule has 5 nitrogen and oxygen atoms in total. The molecular weight excluding hydrogens is 382 g/mol. The Kier molecular flexibility index (Phi) is 6.13. The van der Waals surface area contributed by atoms with Crippen molar-refractivity contribution < 1.29 is 5.11 Å². The first-order valence-corrected chi connectivity index (χ1v) is 11.3. The van der Waals surface area contributed by atoms with Gasteiger partial charge in [-0.05, 0) is 32.3 Å². The van der Waals surface area contributed by atoms with Crippen LogP contribution in [0.3, 0.4) is 0 Å². The Hall–Kier alpha value is -2.02. The number of rotatable bonds is 6. The molecule has 2 aromatic heterocycles. The monoisotopic (exact) mass is 411 g/mol. The Balaban J connectivity index is 1.68. The zero-order chi connectivity index (χ0) is 20.4. The van der Waals surface area contributed by atoms with E-state index in [-0.39, 0.29) is 12.2 Å². The Bertz CT molecular complexity index is 1030. The summed E-state index contributed by atoms with van der Waals surface area (Å²) in [4.78, 5) is 25.1. The van der Waals surface area contributed by atoms with Crippen molar-refractivity contribution in [1.82, 2.24) is 14.9 Å². The maximum absolute atomic E-state index is 13.0. The molecule has 0 spiro atoms. The van der Waals surface area contributed by atoms with Gasteiger partial charge in [-0.2, -0.15) is 0 Å². The predicted molar refractivity (Wildman–Crippen MR) is 120 cm³/mol. The lowest BCUT2D eigenvalue weighted by atomic mass is 9.94. The van der Waals surface area contributed by atoms with E-state index in [1.54, 1.807) is 11.3 Å². The summed E-state index contributed by atoms with van der Waals surface area (Å²) in [5.41, 5.74) is 3.18. The van der Waals surface area contributed by atoms with Crippen molar-refractivity contribution in [3.05, 3.63) is 50.9 Å². The highest BCUT2D eigenvalue weighted by Gasteiger charge is 2.23. The molecule has 4 rings (SSSR count). The summed E-state index contributed by atoms with van der Waals surface area (Å²) in [6.07, 6.45) is 6.07. The first-order valence-electron chi connectivity index (χ1n) is 10.5. The summed E-state index contributed by atoms with van der Waals surface area (Å²) in [7, 11) is 0. The summed E-state index contributed by atoms with van der Waals surface area (Å²) >= 11 is 1.58. The van der Waals surface area contributed by atoms with Crippen LogP contribution in [0.15, 0.2) is 29.1 Å². The number of H-pyrrole nitrogens is 1. The highest BCUT2D eigenvalue weighted by Crippen LogP contribution is 2.35. The van der Waals surface area contributed by atoms with Gasteiger partial charge in [0.2, 0.25) is 0 Å². The summed E-state index contributed by atoms with van der Waals surface area (Å²) < 4.78 is 0. The molecule has 1 aliphatic carbocycles. The van der Waals surface area contributed by atoms with Crippen LogP contribution in [0.5, 0.6) is 0 Å². The number of aliphatic hydroxyl groups is 1. The van der Waals surface area contributed by atoms with E-state index in [9.17, 15) is 9.90 Å². The Morgan fingerprint density at radius 2 is 1.90 bits per heavy atom. The van der Waals surface area contributed by atoms with Crippen LogP contribution in [-0.4, -0.2) is 39.2 Å². The van der Waals surface area contributed by atoms with E-state index in [1.807, 2.05) is 0 Å². The molecule has 0 amide bonds. The maximum atomic E-state index is 13.0. The molecule has 0 saturated heterocycles. The van der Waals surface area contributed by atoms with Crippen LogP contribution in [-0.2, 0) is 6.54 Å². The molecule has 0 radical (unpaired) electrons. The standard InChI is InChI=1S/C23H29N3O2S/c1-15-8-10-17(11-9-15)20-16(2)29-23-21(20)22(28)24-19(25-23)14-26(12-13-27)18-6-4-3-5-7-18/h8-11,18,27H,3-7,12-14H2,1-2H3,(H,24,25,28). The van der Waals surface area contributed by atoms with E-state index in [2.05, 4.69) is 48.0 Å². The molecule has 0 unspecified atom stereocenters. The first-order chi connectivity index (χ1) is 14.1. The number of aromatic nitrogens is 2. The van der Waals surface area contributed by atoms with Gasteiger partial charge in [-0.15, -0.1) is 11.3 Å². The molecule has 2 N–H and O–H groups in total. The van der Waals surface area contributed by atoms with Crippen LogP contribution >= 0.6 is 11.3 Å². The van der Waals surface area contributed by atoms with Crippen molar-refractivity contribution in [3.63, 3.8) is 0 Å². The summed E-state index contributed by atoms with van der Waals surface area (Å²) in [5, 5.41) is 10.2. The summed E-state index contributed by atoms with van der Waals surface area (Å²) in [6.45, 7) is 5.44. The molecule has 2 heterocycles. The van der Waals surface area contributed by atoms with Gasteiger partial charge in [0.15, 0.2) is 0 Å². The normalized spacial score (nSPS) is 15.4. The maximum Gasteiger partial charge on any atom is 0.260 e. The number of aliphatic hydroxyl groups excluding tert-OH is 1. The van der Waals surface area contributed by atoms with Gasteiger partial charge in [-0.25, -0.2) is 4.98 Å². The van der Waals surface area contributed by atoms with Crippen molar-refractivity contribution in [2.45, 2.75) is 58.5 Å². The second-order valence-corrected chi connectivity index (χ2v) is 9.28. The Morgan fingerprint density at radius 1 is 1.17 bits per heavy atom. The number of benzene rings is 1. The van der Waals surface area contributed by atoms with Crippen LogP contribution in [0.2, 0.25) is 0 Å². The third kappa shape index (κ3) is 4.29. The van der Waals surface area contributed by atoms with Crippen LogP contribution < -0.4 is 5.56 Å². The fourth-order valence-electron chi connectivity index (χ4n) is 4.46. The number of nitrogens with zero attached hydrogens (tertiary/aromatic N) is 2. The van der Waals surface area contributed by atoms with E-state index in [0.717, 1.165) is 33.7 Å². The van der Waals surface area contributed by atoms with Crippen LogP contribution in [0.4, 0.5) is 0 Å². The lowest BCUT2D eigenvalue weighted by molar-refractivity contribution is 0.114. The molecule has 29 heavy (non-hydrogen) atoms. The zero-order valence-corrected chi connectivity index (χ0v) is 18.0. The van der Waals surface area contributed by atoms with Crippen molar-refractivity contribution in [2.75, 3.05) is 13.2 Å². The van der Waals surface area contributed by atoms with Gasteiger partial charge in [-0.3, -0.25) is 9.69 Å². The quantitative estimate of drug-likeness (QED) is 0.631. The Labute approximate surface area is 175 Å². The smallest absolute Gasteiger partial charge is 0.260 e. The van der Waals surface area contributed by atoms with E-state index in [4.69, 9.17) is 4.98 Å². The zero-order valence-electron chi connectivity index (χ0n) is 17.2. The second kappa shape index (κ2) is 8.78. The van der Waals surface area contributed by atoms with E-state index in [0.29, 0.717) is 30.3 Å². The van der Waals surface area contributed by atoms with Crippen LogP contribution in [0.1, 0.15) is 48.4 Å². The van der Waals surface area contributed by atoms with Gasteiger partial charge >= 0.3 is 0 Å². The highest BCUT2D eigenvalue weighted by atomic mass is 32.1. The van der Waals surface area contributed by atoms with Gasteiger partial charge in [0.25, 0.3) is 5.56 Å². The van der Waals surface area contributed by atoms with Crippen molar-refractivity contribution in [3.8, 4) is 11.1 Å². The van der Waals surface area contributed by atoms with Gasteiger partial charge < -0.3 is 10.1 Å². The fourth-order valence-corrected chi connectivity index (χ4v) is 5.53. The molecule has 1 aromatic carbocycles. The molecule has 1 saturated carbocycles. The van der Waals surface area contributed by atoms with Crippen LogP contribution in [0.25, 0.3) is 21.3 Å². The molecule has 0 aliphatic heterocycles. The molecule has 3 aromatic rings. The third-order valence-electron chi connectivity index (χ3n) is 5.96. The number of nitrogens with one attached hydrogen (secondary N) is 1. The van der Waals surface area contributed by atoms with Crippen molar-refractivity contribution >= 4 is 21.6 Å². The lowest BCUT2D eigenvalue weighted by Crippen LogP contribution is -2.39. The second-order valence-electron chi connectivity index (χ2n) is 8.08. The van der Waals surface area contributed by atoms with E-state index in [1.165, 1.54) is 24.8 Å². The van der Waals surface area contributed by atoms with Gasteiger partial charge in [0.1, 0.15) is 10.7 Å². The lowest BCUT2D eigenvalue weighted by Gasteiger charge is -2.33.